The number of halogens is 1. The summed E-state index contributed by atoms with van der Waals surface area (Å²) in [5.74, 6) is -1.71. The minimum Gasteiger partial charge on any atom is -0.471 e. The van der Waals surface area contributed by atoms with Crippen molar-refractivity contribution < 1.29 is 23.8 Å². The lowest BCUT2D eigenvalue weighted by Crippen LogP contribution is -2.37. The van der Waals surface area contributed by atoms with Crippen LogP contribution in [0.3, 0.4) is 0 Å². The SMILES string of the molecule is O=C1Oc2c(Br)c(OCc3ccccc3)nn2C(CN2CCCCC2)OC1=O. The third kappa shape index (κ3) is 4.05. The predicted molar refractivity (Wildman–Crippen MR) is 102 cm³/mol. The van der Waals surface area contributed by atoms with E-state index in [-0.39, 0.29) is 11.8 Å². The zero-order valence-electron chi connectivity index (χ0n) is 15.2. The van der Waals surface area contributed by atoms with Crippen LogP contribution < -0.4 is 9.47 Å². The predicted octanol–water partition coefficient (Wildman–Crippen LogP) is 2.67. The molecule has 8 nitrogen and oxygen atoms in total. The van der Waals surface area contributed by atoms with Gasteiger partial charge in [-0.2, -0.15) is 4.68 Å². The van der Waals surface area contributed by atoms with Gasteiger partial charge in [-0.3, -0.25) is 4.90 Å². The molecule has 0 bridgehead atoms. The lowest BCUT2D eigenvalue weighted by atomic mass is 10.1. The van der Waals surface area contributed by atoms with Gasteiger partial charge in [-0.25, -0.2) is 9.59 Å². The number of carbonyl (C=O) groups is 2. The highest BCUT2D eigenvalue weighted by molar-refractivity contribution is 9.10. The Morgan fingerprint density at radius 3 is 2.61 bits per heavy atom. The Morgan fingerprint density at radius 2 is 1.86 bits per heavy atom. The van der Waals surface area contributed by atoms with Gasteiger partial charge in [-0.1, -0.05) is 36.8 Å². The van der Waals surface area contributed by atoms with E-state index in [1.54, 1.807) is 0 Å². The highest BCUT2D eigenvalue weighted by Gasteiger charge is 2.36. The molecule has 9 heteroatoms. The number of rotatable bonds is 5. The molecule has 0 spiro atoms. The van der Waals surface area contributed by atoms with Crippen LogP contribution in [0.15, 0.2) is 34.8 Å². The fourth-order valence-corrected chi connectivity index (χ4v) is 3.77. The van der Waals surface area contributed by atoms with Crippen LogP contribution in [0.4, 0.5) is 0 Å². The molecule has 0 aliphatic carbocycles. The molecular formula is C19H20BrN3O5. The number of piperidine rings is 1. The fourth-order valence-electron chi connectivity index (χ4n) is 3.31. The van der Waals surface area contributed by atoms with Crippen LogP contribution in [0, 0.1) is 0 Å². The molecule has 2 aliphatic heterocycles. The number of hydrogen-bond donors (Lipinski definition) is 0. The van der Waals surface area contributed by atoms with Crippen molar-refractivity contribution in [2.45, 2.75) is 32.1 Å². The number of carbonyl (C=O) groups excluding carboxylic acids is 2. The Bertz CT molecular complexity index is 864. The first-order valence-electron chi connectivity index (χ1n) is 9.21. The van der Waals surface area contributed by atoms with Gasteiger partial charge >= 0.3 is 11.9 Å². The van der Waals surface area contributed by atoms with Gasteiger partial charge in [0.25, 0.3) is 5.88 Å². The molecule has 0 radical (unpaired) electrons. The van der Waals surface area contributed by atoms with Crippen molar-refractivity contribution in [1.29, 1.82) is 0 Å². The first-order chi connectivity index (χ1) is 13.6. The van der Waals surface area contributed by atoms with E-state index < -0.39 is 18.2 Å². The monoisotopic (exact) mass is 449 g/mol. The van der Waals surface area contributed by atoms with Gasteiger partial charge in [0.1, 0.15) is 11.1 Å². The van der Waals surface area contributed by atoms with Crippen molar-refractivity contribution in [2.75, 3.05) is 19.6 Å². The second-order valence-corrected chi connectivity index (χ2v) is 7.55. The van der Waals surface area contributed by atoms with Gasteiger partial charge in [0, 0.05) is 0 Å². The first-order valence-corrected chi connectivity index (χ1v) is 10.0. The van der Waals surface area contributed by atoms with E-state index in [9.17, 15) is 9.59 Å². The van der Waals surface area contributed by atoms with E-state index in [2.05, 4.69) is 25.9 Å². The quantitative estimate of drug-likeness (QED) is 0.512. The minimum atomic E-state index is -1.07. The van der Waals surface area contributed by atoms with Crippen LogP contribution in [0.1, 0.15) is 31.1 Å². The number of ether oxygens (including phenoxy) is 3. The summed E-state index contributed by atoms with van der Waals surface area (Å²) in [6.07, 6.45) is 2.62. The number of fused-ring (bicyclic) bond motifs is 1. The molecular weight excluding hydrogens is 430 g/mol. The second kappa shape index (κ2) is 8.32. The van der Waals surface area contributed by atoms with Crippen LogP contribution in [-0.2, 0) is 20.9 Å². The summed E-state index contributed by atoms with van der Waals surface area (Å²) in [5, 5.41) is 4.41. The van der Waals surface area contributed by atoms with Crippen molar-refractivity contribution in [3.8, 4) is 11.8 Å². The maximum absolute atomic E-state index is 11.9. The van der Waals surface area contributed by atoms with E-state index in [1.165, 1.54) is 11.1 Å². The molecule has 2 aliphatic rings. The average molecular weight is 450 g/mol. The minimum absolute atomic E-state index is 0.112. The molecule has 1 fully saturated rings. The molecule has 4 rings (SSSR count). The van der Waals surface area contributed by atoms with Crippen LogP contribution in [0.25, 0.3) is 0 Å². The molecule has 1 saturated heterocycles. The van der Waals surface area contributed by atoms with Gasteiger partial charge in [-0.05, 0) is 47.4 Å². The Balaban J connectivity index is 1.58. The molecule has 1 atom stereocenters. The van der Waals surface area contributed by atoms with E-state index in [0.29, 0.717) is 17.6 Å². The number of aromatic nitrogens is 2. The van der Waals surface area contributed by atoms with Crippen molar-refractivity contribution in [2.24, 2.45) is 0 Å². The molecule has 0 amide bonds. The Kier molecular flexibility index (Phi) is 5.63. The molecule has 1 aromatic heterocycles. The van der Waals surface area contributed by atoms with Crippen molar-refractivity contribution in [1.82, 2.24) is 14.7 Å². The topological polar surface area (TPSA) is 82.9 Å². The van der Waals surface area contributed by atoms with Gasteiger partial charge < -0.3 is 14.2 Å². The number of benzene rings is 1. The van der Waals surface area contributed by atoms with E-state index in [1.807, 2.05) is 30.3 Å². The Hall–Kier alpha value is -2.39. The zero-order chi connectivity index (χ0) is 19.5. The first kappa shape index (κ1) is 18.9. The summed E-state index contributed by atoms with van der Waals surface area (Å²) in [5.41, 5.74) is 0.978. The van der Waals surface area contributed by atoms with Crippen LogP contribution in [0.2, 0.25) is 0 Å². The van der Waals surface area contributed by atoms with Crippen LogP contribution >= 0.6 is 15.9 Å². The number of likely N-dealkylation sites (tertiary alicyclic amines) is 1. The normalized spacial score (nSPS) is 20.1. The molecule has 1 aromatic carbocycles. The fraction of sp³-hybridized carbons (Fsp3) is 0.421. The lowest BCUT2D eigenvalue weighted by molar-refractivity contribution is -0.167. The van der Waals surface area contributed by atoms with Crippen molar-refractivity contribution in [3.63, 3.8) is 0 Å². The summed E-state index contributed by atoms with van der Waals surface area (Å²) in [4.78, 5) is 26.1. The van der Waals surface area contributed by atoms with Gasteiger partial charge in [0.2, 0.25) is 12.1 Å². The van der Waals surface area contributed by atoms with Crippen molar-refractivity contribution >= 4 is 27.9 Å². The second-order valence-electron chi connectivity index (χ2n) is 6.75. The molecule has 28 heavy (non-hydrogen) atoms. The molecule has 0 saturated carbocycles. The molecule has 2 aromatic rings. The number of esters is 2. The lowest BCUT2D eigenvalue weighted by Gasteiger charge is -2.29. The summed E-state index contributed by atoms with van der Waals surface area (Å²) in [6.45, 7) is 2.57. The smallest absolute Gasteiger partial charge is 0.424 e. The van der Waals surface area contributed by atoms with Gasteiger partial charge in [0.05, 0.1) is 6.54 Å². The van der Waals surface area contributed by atoms with E-state index >= 15 is 0 Å². The summed E-state index contributed by atoms with van der Waals surface area (Å²) < 4.78 is 18.1. The van der Waals surface area contributed by atoms with E-state index in [4.69, 9.17) is 14.2 Å². The third-order valence-corrected chi connectivity index (χ3v) is 5.41. The highest BCUT2D eigenvalue weighted by atomic mass is 79.9. The molecule has 1 unspecified atom stereocenters. The number of nitrogens with zero attached hydrogens (tertiary/aromatic N) is 3. The van der Waals surface area contributed by atoms with E-state index in [0.717, 1.165) is 31.5 Å². The molecule has 148 valence electrons. The summed E-state index contributed by atoms with van der Waals surface area (Å²) in [7, 11) is 0. The maximum atomic E-state index is 11.9. The van der Waals surface area contributed by atoms with Gasteiger partial charge in [-0.15, -0.1) is 5.10 Å². The largest absolute Gasteiger partial charge is 0.471 e. The average Bonchev–Trinajstić information content (AvgIpc) is 2.97. The van der Waals surface area contributed by atoms with Gasteiger partial charge in [0.15, 0.2) is 0 Å². The summed E-state index contributed by atoms with van der Waals surface area (Å²) in [6, 6.07) is 9.65. The third-order valence-electron chi connectivity index (χ3n) is 4.74. The maximum Gasteiger partial charge on any atom is 0.424 e. The Labute approximate surface area is 170 Å². The number of hydrogen-bond acceptors (Lipinski definition) is 7. The Morgan fingerprint density at radius 1 is 1.11 bits per heavy atom. The van der Waals surface area contributed by atoms with Crippen LogP contribution in [-0.4, -0.2) is 46.3 Å². The number of cyclic esters (lactones) is 1. The molecule has 0 N–H and O–H groups in total. The molecule has 3 heterocycles. The summed E-state index contributed by atoms with van der Waals surface area (Å²) >= 11 is 3.38. The van der Waals surface area contributed by atoms with Crippen LogP contribution in [0.5, 0.6) is 11.8 Å². The highest BCUT2D eigenvalue weighted by Crippen LogP contribution is 2.38. The standard InChI is InChI=1S/C19H20BrN3O5/c20-15-16(26-12-13-7-3-1-4-8-13)21-23-14(11-22-9-5-2-6-10-22)27-18(24)19(25)28-17(15)23/h1,3-4,7-8,14H,2,5-6,9-12H2. The van der Waals surface area contributed by atoms with Crippen molar-refractivity contribution in [3.05, 3.63) is 40.4 Å². The zero-order valence-corrected chi connectivity index (χ0v) is 16.8.